The number of benzene rings is 2. The van der Waals surface area contributed by atoms with Crippen LogP contribution in [0.1, 0.15) is 11.1 Å². The maximum Gasteiger partial charge on any atom is 0.0314 e. The molecule has 0 aliphatic heterocycles. The summed E-state index contributed by atoms with van der Waals surface area (Å²) in [5, 5.41) is 0. The van der Waals surface area contributed by atoms with Gasteiger partial charge < -0.3 is 5.73 Å². The molecule has 2 N–H and O–H groups in total. The van der Waals surface area contributed by atoms with Crippen LogP contribution in [0.2, 0.25) is 0 Å². The highest BCUT2D eigenvalue weighted by atomic mass is 79.9. The molecule has 3 heteroatoms. The molecular weight excluding hydrogens is 294 g/mol. The zero-order valence-electron chi connectivity index (χ0n) is 9.61. The first-order valence-electron chi connectivity index (χ1n) is 5.43. The second-order valence-corrected chi connectivity index (χ2v) is 5.71. The van der Waals surface area contributed by atoms with Crippen LogP contribution in [-0.2, 0) is 6.54 Å². The molecule has 0 aliphatic carbocycles. The first-order chi connectivity index (χ1) is 8.22. The molecule has 2 rings (SSSR count). The molecule has 88 valence electrons. The van der Waals surface area contributed by atoms with E-state index >= 15 is 0 Å². The van der Waals surface area contributed by atoms with Crippen molar-refractivity contribution in [2.24, 2.45) is 5.73 Å². The third-order valence-corrected chi connectivity index (χ3v) is 4.88. The average Bonchev–Trinajstić information content (AvgIpc) is 2.34. The number of nitrogens with two attached hydrogens (primary N) is 1. The van der Waals surface area contributed by atoms with Crippen LogP contribution in [-0.4, -0.2) is 0 Å². The Balaban J connectivity index is 2.39. The van der Waals surface area contributed by atoms with Gasteiger partial charge in [-0.2, -0.15) is 0 Å². The fraction of sp³-hybridized carbons (Fsp3) is 0.143. The van der Waals surface area contributed by atoms with Gasteiger partial charge in [-0.25, -0.2) is 0 Å². The summed E-state index contributed by atoms with van der Waals surface area (Å²) in [6.45, 7) is 2.70. The van der Waals surface area contributed by atoms with E-state index in [4.69, 9.17) is 5.73 Å². The SMILES string of the molecule is Cc1cccc(CN)c1Sc1ccccc1Br. The molecule has 1 nitrogen and oxygen atoms in total. The molecule has 0 spiro atoms. The van der Waals surface area contributed by atoms with E-state index in [2.05, 4.69) is 53.2 Å². The smallest absolute Gasteiger partial charge is 0.0314 e. The molecule has 2 aromatic rings. The Kier molecular flexibility index (Phi) is 4.26. The first kappa shape index (κ1) is 12.7. The van der Waals surface area contributed by atoms with Gasteiger partial charge >= 0.3 is 0 Å². The minimum atomic E-state index is 0.578. The molecule has 0 saturated carbocycles. The van der Waals surface area contributed by atoms with Gasteiger partial charge in [-0.1, -0.05) is 42.1 Å². The third-order valence-electron chi connectivity index (χ3n) is 2.56. The Morgan fingerprint density at radius 1 is 1.12 bits per heavy atom. The predicted octanol–water partition coefficient (Wildman–Crippen LogP) is 4.37. The fourth-order valence-corrected chi connectivity index (χ4v) is 3.23. The fourth-order valence-electron chi connectivity index (χ4n) is 1.66. The lowest BCUT2D eigenvalue weighted by Gasteiger charge is -2.11. The van der Waals surface area contributed by atoms with Crippen molar-refractivity contribution < 1.29 is 0 Å². The molecule has 0 heterocycles. The van der Waals surface area contributed by atoms with Crippen LogP contribution in [0.3, 0.4) is 0 Å². The van der Waals surface area contributed by atoms with E-state index in [1.807, 2.05) is 12.1 Å². The zero-order valence-corrected chi connectivity index (χ0v) is 12.0. The number of hydrogen-bond acceptors (Lipinski definition) is 2. The summed E-state index contributed by atoms with van der Waals surface area (Å²) in [5.74, 6) is 0. The maximum absolute atomic E-state index is 5.79. The van der Waals surface area contributed by atoms with Crippen molar-refractivity contribution in [2.75, 3.05) is 0 Å². The van der Waals surface area contributed by atoms with E-state index in [-0.39, 0.29) is 0 Å². The number of halogens is 1. The maximum atomic E-state index is 5.79. The number of rotatable bonds is 3. The van der Waals surface area contributed by atoms with E-state index in [0.29, 0.717) is 6.54 Å². The summed E-state index contributed by atoms with van der Waals surface area (Å²) in [5.41, 5.74) is 8.26. The van der Waals surface area contributed by atoms with Crippen molar-refractivity contribution in [1.82, 2.24) is 0 Å². The standard InChI is InChI=1S/C14H14BrNS/c1-10-5-4-6-11(9-16)14(10)17-13-8-3-2-7-12(13)15/h2-8H,9,16H2,1H3. The van der Waals surface area contributed by atoms with Crippen molar-refractivity contribution >= 4 is 27.7 Å². The lowest BCUT2D eigenvalue weighted by Crippen LogP contribution is -1.99. The van der Waals surface area contributed by atoms with Crippen LogP contribution >= 0.6 is 27.7 Å². The monoisotopic (exact) mass is 307 g/mol. The van der Waals surface area contributed by atoms with Gasteiger partial charge in [-0.05, 0) is 46.1 Å². The van der Waals surface area contributed by atoms with Crippen molar-refractivity contribution in [1.29, 1.82) is 0 Å². The van der Waals surface area contributed by atoms with Gasteiger partial charge in [0.15, 0.2) is 0 Å². The minimum Gasteiger partial charge on any atom is -0.326 e. The van der Waals surface area contributed by atoms with Gasteiger partial charge in [0, 0.05) is 20.8 Å². The first-order valence-corrected chi connectivity index (χ1v) is 7.04. The lowest BCUT2D eigenvalue weighted by molar-refractivity contribution is 1.01. The third kappa shape index (κ3) is 2.92. The summed E-state index contributed by atoms with van der Waals surface area (Å²) in [4.78, 5) is 2.48. The Bertz CT molecular complexity index is 525. The normalized spacial score (nSPS) is 10.5. The van der Waals surface area contributed by atoms with Crippen LogP contribution in [0.25, 0.3) is 0 Å². The summed E-state index contributed by atoms with van der Waals surface area (Å²) >= 11 is 5.34. The summed E-state index contributed by atoms with van der Waals surface area (Å²) < 4.78 is 1.12. The molecule has 17 heavy (non-hydrogen) atoms. The second kappa shape index (κ2) is 5.71. The molecular formula is C14H14BrNS. The average molecular weight is 308 g/mol. The molecule has 0 fully saturated rings. The Labute approximate surface area is 115 Å². The van der Waals surface area contributed by atoms with E-state index in [1.54, 1.807) is 11.8 Å². The van der Waals surface area contributed by atoms with Crippen LogP contribution in [0.15, 0.2) is 56.7 Å². The summed E-state index contributed by atoms with van der Waals surface area (Å²) in [7, 11) is 0. The molecule has 0 amide bonds. The second-order valence-electron chi connectivity index (χ2n) is 3.80. The summed E-state index contributed by atoms with van der Waals surface area (Å²) in [6, 6.07) is 14.5. The number of aryl methyl sites for hydroxylation is 1. The molecule has 0 aliphatic rings. The van der Waals surface area contributed by atoms with Crippen LogP contribution in [0.4, 0.5) is 0 Å². The highest BCUT2D eigenvalue weighted by molar-refractivity contribution is 9.10. The molecule has 0 bridgehead atoms. The van der Waals surface area contributed by atoms with Crippen molar-refractivity contribution in [3.05, 3.63) is 58.1 Å². The van der Waals surface area contributed by atoms with Gasteiger partial charge in [0.2, 0.25) is 0 Å². The van der Waals surface area contributed by atoms with Crippen molar-refractivity contribution in [3.63, 3.8) is 0 Å². The van der Waals surface area contributed by atoms with Crippen molar-refractivity contribution in [3.8, 4) is 0 Å². The van der Waals surface area contributed by atoms with Gasteiger partial charge in [0.05, 0.1) is 0 Å². The van der Waals surface area contributed by atoms with E-state index < -0.39 is 0 Å². The van der Waals surface area contributed by atoms with Crippen LogP contribution < -0.4 is 5.73 Å². The summed E-state index contributed by atoms with van der Waals surface area (Å²) in [6.07, 6.45) is 0. The van der Waals surface area contributed by atoms with E-state index in [0.717, 1.165) is 4.47 Å². The molecule has 0 aromatic heterocycles. The van der Waals surface area contributed by atoms with Crippen molar-refractivity contribution in [2.45, 2.75) is 23.3 Å². The molecule has 0 unspecified atom stereocenters. The minimum absolute atomic E-state index is 0.578. The van der Waals surface area contributed by atoms with E-state index in [1.165, 1.54) is 20.9 Å². The molecule has 2 aromatic carbocycles. The quantitative estimate of drug-likeness (QED) is 0.911. The predicted molar refractivity (Wildman–Crippen MR) is 77.3 cm³/mol. The highest BCUT2D eigenvalue weighted by Gasteiger charge is 2.08. The number of hydrogen-bond donors (Lipinski definition) is 1. The van der Waals surface area contributed by atoms with Crippen LogP contribution in [0, 0.1) is 6.92 Å². The van der Waals surface area contributed by atoms with Gasteiger partial charge in [-0.15, -0.1) is 0 Å². The molecule has 0 atom stereocenters. The Morgan fingerprint density at radius 2 is 1.88 bits per heavy atom. The largest absolute Gasteiger partial charge is 0.326 e. The van der Waals surface area contributed by atoms with Gasteiger partial charge in [-0.3, -0.25) is 0 Å². The van der Waals surface area contributed by atoms with E-state index in [9.17, 15) is 0 Å². The molecule has 0 radical (unpaired) electrons. The zero-order chi connectivity index (χ0) is 12.3. The Morgan fingerprint density at radius 3 is 2.59 bits per heavy atom. The molecule has 0 saturated heterocycles. The van der Waals surface area contributed by atoms with Gasteiger partial charge in [0.25, 0.3) is 0 Å². The van der Waals surface area contributed by atoms with Gasteiger partial charge in [0.1, 0.15) is 0 Å². The van der Waals surface area contributed by atoms with Crippen LogP contribution in [0.5, 0.6) is 0 Å². The topological polar surface area (TPSA) is 26.0 Å². The Hall–Kier alpha value is -0.770. The highest BCUT2D eigenvalue weighted by Crippen LogP contribution is 2.36. The lowest BCUT2D eigenvalue weighted by atomic mass is 10.1.